The normalized spacial score (nSPS) is 52.3. The van der Waals surface area contributed by atoms with Gasteiger partial charge in [0.2, 0.25) is 0 Å². The molecular weight excluding hydrogens is 300 g/mol. The third-order valence-electron chi connectivity index (χ3n) is 8.72. The third-order valence-corrected chi connectivity index (χ3v) is 8.72. The fourth-order valence-electron chi connectivity index (χ4n) is 7.71. The van der Waals surface area contributed by atoms with Crippen LogP contribution in [0.15, 0.2) is 11.6 Å². The molecule has 1 aliphatic heterocycles. The molecule has 0 unspecified atom stereocenters. The van der Waals surface area contributed by atoms with E-state index in [1.807, 2.05) is 6.08 Å². The van der Waals surface area contributed by atoms with E-state index in [4.69, 9.17) is 4.74 Å². The average molecular weight is 328 g/mol. The van der Waals surface area contributed by atoms with Crippen LogP contribution in [0.2, 0.25) is 0 Å². The number of rotatable bonds is 1. The van der Waals surface area contributed by atoms with Gasteiger partial charge >= 0.3 is 0 Å². The van der Waals surface area contributed by atoms with E-state index in [2.05, 4.69) is 6.92 Å². The number of Topliss-reactive ketones (excluding diaryl/α,β-unsaturated/α-hetero) is 1. The zero-order chi connectivity index (χ0) is 16.7. The van der Waals surface area contributed by atoms with Gasteiger partial charge < -0.3 is 4.74 Å². The lowest BCUT2D eigenvalue weighted by molar-refractivity contribution is -0.128. The molecule has 0 aromatic rings. The van der Waals surface area contributed by atoms with Crippen molar-refractivity contribution < 1.29 is 14.3 Å². The highest BCUT2D eigenvalue weighted by Crippen LogP contribution is 2.68. The molecule has 3 heteroatoms. The highest BCUT2D eigenvalue weighted by molar-refractivity contribution is 5.92. The van der Waals surface area contributed by atoms with Crippen LogP contribution in [0.1, 0.15) is 58.8 Å². The van der Waals surface area contributed by atoms with E-state index in [-0.39, 0.29) is 22.9 Å². The van der Waals surface area contributed by atoms with Crippen LogP contribution in [-0.2, 0) is 14.3 Å². The molecule has 0 N–H and O–H groups in total. The molecule has 3 nitrogen and oxygen atoms in total. The number of carbonyl (C=O) groups excluding carboxylic acids is 2. The Hall–Kier alpha value is -0.960. The van der Waals surface area contributed by atoms with E-state index in [0.717, 1.165) is 25.9 Å². The van der Waals surface area contributed by atoms with Gasteiger partial charge in [0.25, 0.3) is 0 Å². The molecule has 1 heterocycles. The van der Waals surface area contributed by atoms with Gasteiger partial charge in [-0.25, -0.2) is 0 Å². The number of ether oxygens (including phenoxy) is 1. The van der Waals surface area contributed by atoms with Gasteiger partial charge in [0.1, 0.15) is 5.78 Å². The minimum Gasteiger partial charge on any atom is -0.373 e. The van der Waals surface area contributed by atoms with Crippen LogP contribution in [0, 0.1) is 34.5 Å². The summed E-state index contributed by atoms with van der Waals surface area (Å²) in [6.45, 7) is 5.02. The van der Waals surface area contributed by atoms with Gasteiger partial charge in [-0.3, -0.25) is 9.59 Å². The SMILES string of the molecule is CC(=O)[C@H]1CC[C@H]2[C@@H]3C[C@H]4OC[C@@]5(CCC(=O)C=C45)[C@H]3CC[C@]12C. The molecule has 0 radical (unpaired) electrons. The first-order valence-electron chi connectivity index (χ1n) is 9.83. The van der Waals surface area contributed by atoms with E-state index in [1.165, 1.54) is 24.8 Å². The van der Waals surface area contributed by atoms with Gasteiger partial charge in [-0.1, -0.05) is 6.92 Å². The minimum absolute atomic E-state index is 0.150. The van der Waals surface area contributed by atoms with Gasteiger partial charge in [0.05, 0.1) is 12.7 Å². The Morgan fingerprint density at radius 1 is 1.21 bits per heavy atom. The van der Waals surface area contributed by atoms with E-state index >= 15 is 0 Å². The lowest BCUT2D eigenvalue weighted by Crippen LogP contribution is -2.52. The summed E-state index contributed by atoms with van der Waals surface area (Å²) in [4.78, 5) is 24.2. The molecule has 2 bridgehead atoms. The second kappa shape index (κ2) is 4.81. The van der Waals surface area contributed by atoms with Crippen LogP contribution in [0.4, 0.5) is 0 Å². The first-order valence-corrected chi connectivity index (χ1v) is 9.83. The van der Waals surface area contributed by atoms with Crippen LogP contribution in [0.25, 0.3) is 0 Å². The summed E-state index contributed by atoms with van der Waals surface area (Å²) < 4.78 is 6.22. The first-order chi connectivity index (χ1) is 11.5. The van der Waals surface area contributed by atoms with Crippen LogP contribution < -0.4 is 0 Å². The van der Waals surface area contributed by atoms with Crippen molar-refractivity contribution in [2.24, 2.45) is 34.5 Å². The maximum absolute atomic E-state index is 12.2. The molecule has 4 fully saturated rings. The number of hydrogen-bond donors (Lipinski definition) is 0. The molecule has 130 valence electrons. The molecule has 0 aromatic heterocycles. The summed E-state index contributed by atoms with van der Waals surface area (Å²) in [6, 6.07) is 0. The van der Waals surface area contributed by atoms with Gasteiger partial charge in [-0.05, 0) is 80.3 Å². The summed E-state index contributed by atoms with van der Waals surface area (Å²) in [7, 11) is 0. The summed E-state index contributed by atoms with van der Waals surface area (Å²) >= 11 is 0. The molecule has 0 amide bonds. The van der Waals surface area contributed by atoms with Crippen molar-refractivity contribution >= 4 is 11.6 Å². The Morgan fingerprint density at radius 2 is 2.04 bits per heavy atom. The summed E-state index contributed by atoms with van der Waals surface area (Å²) in [5, 5.41) is 0. The van der Waals surface area contributed by atoms with Crippen molar-refractivity contribution in [3.8, 4) is 0 Å². The highest BCUT2D eigenvalue weighted by Gasteiger charge is 2.64. The third kappa shape index (κ3) is 1.72. The number of ketones is 2. The second-order valence-corrected chi connectivity index (χ2v) is 9.42. The standard InChI is InChI=1S/C21H28O3/c1-12(22)15-3-4-16-14-10-19-18-9-13(23)5-8-21(18,11-24-19)17(14)6-7-20(15,16)2/h9,14-17,19H,3-8,10-11H2,1-2H3/t14-,15+,16-,17-,19+,20+,21-/m0/s1. The average Bonchev–Trinajstić information content (AvgIpc) is 3.02. The van der Waals surface area contributed by atoms with Crippen LogP contribution in [0.3, 0.4) is 0 Å². The van der Waals surface area contributed by atoms with Crippen LogP contribution in [-0.4, -0.2) is 24.3 Å². The van der Waals surface area contributed by atoms with Gasteiger partial charge in [0, 0.05) is 17.8 Å². The van der Waals surface area contributed by atoms with Crippen molar-refractivity contribution in [2.45, 2.75) is 64.9 Å². The summed E-state index contributed by atoms with van der Waals surface area (Å²) in [5.41, 5.74) is 1.69. The van der Waals surface area contributed by atoms with E-state index in [1.54, 1.807) is 6.92 Å². The highest BCUT2D eigenvalue weighted by atomic mass is 16.5. The van der Waals surface area contributed by atoms with Gasteiger partial charge in [0.15, 0.2) is 5.78 Å². The largest absolute Gasteiger partial charge is 0.373 e. The zero-order valence-electron chi connectivity index (χ0n) is 14.8. The second-order valence-electron chi connectivity index (χ2n) is 9.42. The fraction of sp³-hybridized carbons (Fsp3) is 0.810. The summed E-state index contributed by atoms with van der Waals surface area (Å²) in [6.07, 6.45) is 9.57. The van der Waals surface area contributed by atoms with E-state index in [0.29, 0.717) is 35.7 Å². The maximum atomic E-state index is 12.2. The Balaban J connectivity index is 1.54. The number of carbonyl (C=O) groups is 2. The smallest absolute Gasteiger partial charge is 0.155 e. The summed E-state index contributed by atoms with van der Waals surface area (Å²) in [5.74, 6) is 2.99. The van der Waals surface area contributed by atoms with E-state index in [9.17, 15) is 9.59 Å². The lowest BCUT2D eigenvalue weighted by Gasteiger charge is -2.56. The topological polar surface area (TPSA) is 43.4 Å². The predicted octanol–water partition coefficient (Wildman–Crippen LogP) is 3.71. The van der Waals surface area contributed by atoms with Crippen molar-refractivity contribution in [3.05, 3.63) is 11.6 Å². The Morgan fingerprint density at radius 3 is 2.83 bits per heavy atom. The zero-order valence-corrected chi connectivity index (χ0v) is 14.8. The Labute approximate surface area is 144 Å². The molecule has 3 saturated carbocycles. The van der Waals surface area contributed by atoms with Crippen molar-refractivity contribution in [1.82, 2.24) is 0 Å². The van der Waals surface area contributed by atoms with Gasteiger partial charge in [-0.15, -0.1) is 0 Å². The monoisotopic (exact) mass is 328 g/mol. The lowest BCUT2D eigenvalue weighted by atomic mass is 9.46. The van der Waals surface area contributed by atoms with Gasteiger partial charge in [-0.2, -0.15) is 0 Å². The molecule has 5 aliphatic rings. The molecule has 4 aliphatic carbocycles. The fourth-order valence-corrected chi connectivity index (χ4v) is 7.71. The number of hydrogen-bond acceptors (Lipinski definition) is 3. The quantitative estimate of drug-likeness (QED) is 0.737. The van der Waals surface area contributed by atoms with Crippen molar-refractivity contribution in [2.75, 3.05) is 6.61 Å². The molecular formula is C21H28O3. The van der Waals surface area contributed by atoms with Crippen molar-refractivity contribution in [1.29, 1.82) is 0 Å². The molecule has 7 atom stereocenters. The molecule has 5 rings (SSSR count). The van der Waals surface area contributed by atoms with E-state index < -0.39 is 0 Å². The Kier molecular flexibility index (Phi) is 3.07. The predicted molar refractivity (Wildman–Crippen MR) is 90.3 cm³/mol. The van der Waals surface area contributed by atoms with Crippen molar-refractivity contribution in [3.63, 3.8) is 0 Å². The first kappa shape index (κ1) is 15.3. The molecule has 24 heavy (non-hydrogen) atoms. The maximum Gasteiger partial charge on any atom is 0.155 e. The molecule has 1 saturated heterocycles. The Bertz CT molecular complexity index is 649. The molecule has 0 spiro atoms. The molecule has 0 aromatic carbocycles. The number of fused-ring (bicyclic) bond motifs is 3. The van der Waals surface area contributed by atoms with Crippen LogP contribution >= 0.6 is 0 Å². The minimum atomic E-state index is 0.150. The van der Waals surface area contributed by atoms with Crippen LogP contribution in [0.5, 0.6) is 0 Å².